The number of benzene rings is 1. The van der Waals surface area contributed by atoms with Crippen LogP contribution in [0.5, 0.6) is 11.5 Å². The molecule has 3 nitrogen and oxygen atoms in total. The van der Waals surface area contributed by atoms with Crippen molar-refractivity contribution in [3.63, 3.8) is 0 Å². The summed E-state index contributed by atoms with van der Waals surface area (Å²) in [7, 11) is 3.18. The number of aliphatic hydroxyl groups is 1. The molecular formula is C14H16O3S. The van der Waals surface area contributed by atoms with Gasteiger partial charge < -0.3 is 14.6 Å². The fraction of sp³-hybridized carbons (Fsp3) is 0.286. The maximum atomic E-state index is 10.5. The van der Waals surface area contributed by atoms with Crippen molar-refractivity contribution in [2.75, 3.05) is 14.2 Å². The number of thiophene rings is 1. The van der Waals surface area contributed by atoms with Crippen molar-refractivity contribution in [1.82, 2.24) is 0 Å². The fourth-order valence-electron chi connectivity index (χ4n) is 1.89. The molecule has 2 rings (SSSR count). The number of ether oxygens (including phenoxy) is 2. The number of hydrogen-bond donors (Lipinski definition) is 1. The van der Waals surface area contributed by atoms with Gasteiger partial charge in [0.25, 0.3) is 0 Å². The molecule has 1 aromatic heterocycles. The second-order valence-electron chi connectivity index (χ2n) is 3.93. The third-order valence-corrected chi connectivity index (χ3v) is 3.82. The Morgan fingerprint density at radius 1 is 1.06 bits per heavy atom. The minimum absolute atomic E-state index is 0.632. The van der Waals surface area contributed by atoms with Crippen LogP contribution in [0.15, 0.2) is 30.3 Å². The molecule has 0 aliphatic heterocycles. The van der Waals surface area contributed by atoms with Crippen molar-refractivity contribution in [2.24, 2.45) is 0 Å². The van der Waals surface area contributed by atoms with Gasteiger partial charge in [-0.25, -0.2) is 0 Å². The molecule has 0 saturated carbocycles. The molecule has 0 aliphatic carbocycles. The summed E-state index contributed by atoms with van der Waals surface area (Å²) in [5, 5.41) is 10.5. The van der Waals surface area contributed by atoms with Crippen LogP contribution in [-0.2, 0) is 0 Å². The zero-order valence-corrected chi connectivity index (χ0v) is 11.5. The van der Waals surface area contributed by atoms with Gasteiger partial charge in [-0.1, -0.05) is 6.07 Å². The largest absolute Gasteiger partial charge is 0.496 e. The number of aryl methyl sites for hydroxylation is 1. The first-order chi connectivity index (χ1) is 8.67. The summed E-state index contributed by atoms with van der Waals surface area (Å²) in [5.74, 6) is 1.26. The number of rotatable bonds is 4. The quantitative estimate of drug-likeness (QED) is 0.922. The van der Waals surface area contributed by atoms with Gasteiger partial charge >= 0.3 is 0 Å². The highest BCUT2D eigenvalue weighted by molar-refractivity contribution is 7.12. The molecule has 0 aliphatic rings. The summed E-state index contributed by atoms with van der Waals surface area (Å²) in [6.07, 6.45) is -0.727. The molecule has 1 heterocycles. The lowest BCUT2D eigenvalue weighted by atomic mass is 10.1. The lowest BCUT2D eigenvalue weighted by molar-refractivity contribution is 0.212. The Morgan fingerprint density at radius 3 is 2.11 bits per heavy atom. The summed E-state index contributed by atoms with van der Waals surface area (Å²) in [6, 6.07) is 9.40. The van der Waals surface area contributed by atoms with Gasteiger partial charge in [-0.05, 0) is 31.2 Å². The van der Waals surface area contributed by atoms with E-state index in [-0.39, 0.29) is 0 Å². The van der Waals surface area contributed by atoms with Crippen LogP contribution in [0, 0.1) is 6.92 Å². The van der Waals surface area contributed by atoms with Gasteiger partial charge in [-0.3, -0.25) is 0 Å². The average Bonchev–Trinajstić information content (AvgIpc) is 2.83. The van der Waals surface area contributed by atoms with E-state index in [1.165, 1.54) is 0 Å². The van der Waals surface area contributed by atoms with E-state index < -0.39 is 6.10 Å². The van der Waals surface area contributed by atoms with Crippen molar-refractivity contribution >= 4 is 11.3 Å². The number of hydrogen-bond acceptors (Lipinski definition) is 4. The van der Waals surface area contributed by atoms with E-state index in [1.807, 2.05) is 37.3 Å². The van der Waals surface area contributed by atoms with Crippen molar-refractivity contribution < 1.29 is 14.6 Å². The Hall–Kier alpha value is -1.52. The van der Waals surface area contributed by atoms with E-state index in [1.54, 1.807) is 25.6 Å². The molecular weight excluding hydrogens is 248 g/mol. The van der Waals surface area contributed by atoms with Gasteiger partial charge in [-0.15, -0.1) is 11.3 Å². The van der Waals surface area contributed by atoms with E-state index in [9.17, 15) is 5.11 Å². The minimum Gasteiger partial charge on any atom is -0.496 e. The topological polar surface area (TPSA) is 38.7 Å². The van der Waals surface area contributed by atoms with Crippen molar-refractivity contribution in [2.45, 2.75) is 13.0 Å². The zero-order valence-electron chi connectivity index (χ0n) is 10.6. The predicted molar refractivity (Wildman–Crippen MR) is 72.7 cm³/mol. The Morgan fingerprint density at radius 2 is 1.67 bits per heavy atom. The van der Waals surface area contributed by atoms with Crippen molar-refractivity contribution in [3.8, 4) is 11.5 Å². The summed E-state index contributed by atoms with van der Waals surface area (Å²) in [4.78, 5) is 2.05. The van der Waals surface area contributed by atoms with Gasteiger partial charge in [0.15, 0.2) is 0 Å². The maximum absolute atomic E-state index is 10.5. The molecule has 0 saturated heterocycles. The van der Waals surface area contributed by atoms with Crippen LogP contribution < -0.4 is 9.47 Å². The Bertz CT molecular complexity index is 511. The molecule has 96 valence electrons. The first-order valence-corrected chi connectivity index (χ1v) is 6.44. The molecule has 1 atom stereocenters. The van der Waals surface area contributed by atoms with E-state index in [0.717, 1.165) is 9.75 Å². The lowest BCUT2D eigenvalue weighted by Crippen LogP contribution is -2.03. The normalized spacial score (nSPS) is 12.2. The van der Waals surface area contributed by atoms with E-state index >= 15 is 0 Å². The van der Waals surface area contributed by atoms with Crippen LogP contribution in [0.1, 0.15) is 21.4 Å². The molecule has 0 spiro atoms. The molecule has 4 heteroatoms. The van der Waals surface area contributed by atoms with E-state index in [0.29, 0.717) is 17.1 Å². The van der Waals surface area contributed by atoms with E-state index in [4.69, 9.17) is 9.47 Å². The highest BCUT2D eigenvalue weighted by Gasteiger charge is 2.21. The number of aliphatic hydroxyl groups excluding tert-OH is 1. The highest BCUT2D eigenvalue weighted by atomic mass is 32.1. The molecule has 0 radical (unpaired) electrons. The van der Waals surface area contributed by atoms with Crippen molar-refractivity contribution in [3.05, 3.63) is 45.6 Å². The smallest absolute Gasteiger partial charge is 0.128 e. The SMILES string of the molecule is COc1cccc(OC)c1C(O)c1ccc(C)s1. The molecule has 2 aromatic rings. The Labute approximate surface area is 111 Å². The molecule has 1 N–H and O–H groups in total. The highest BCUT2D eigenvalue weighted by Crippen LogP contribution is 2.39. The minimum atomic E-state index is -0.727. The van der Waals surface area contributed by atoms with Gasteiger partial charge in [0, 0.05) is 9.75 Å². The van der Waals surface area contributed by atoms with Crippen LogP contribution in [0.3, 0.4) is 0 Å². The summed E-state index contributed by atoms with van der Waals surface area (Å²) in [6.45, 7) is 2.01. The van der Waals surface area contributed by atoms with Gasteiger partial charge in [-0.2, -0.15) is 0 Å². The molecule has 0 bridgehead atoms. The maximum Gasteiger partial charge on any atom is 0.128 e. The van der Waals surface area contributed by atoms with Crippen LogP contribution >= 0.6 is 11.3 Å². The lowest BCUT2D eigenvalue weighted by Gasteiger charge is -2.17. The van der Waals surface area contributed by atoms with Gasteiger partial charge in [0.05, 0.1) is 19.8 Å². The average molecular weight is 264 g/mol. The van der Waals surface area contributed by atoms with Crippen LogP contribution in [-0.4, -0.2) is 19.3 Å². The molecule has 18 heavy (non-hydrogen) atoms. The zero-order chi connectivity index (χ0) is 13.1. The first kappa shape index (κ1) is 12.9. The monoisotopic (exact) mass is 264 g/mol. The molecule has 1 unspecified atom stereocenters. The third kappa shape index (κ3) is 2.35. The predicted octanol–water partition coefficient (Wildman–Crippen LogP) is 3.16. The van der Waals surface area contributed by atoms with Gasteiger partial charge in [0.1, 0.15) is 17.6 Å². The van der Waals surface area contributed by atoms with E-state index in [2.05, 4.69) is 0 Å². The number of methoxy groups -OCH3 is 2. The standard InChI is InChI=1S/C14H16O3S/c1-9-7-8-12(18-9)14(15)13-10(16-2)5-4-6-11(13)17-3/h4-8,14-15H,1-3H3. The third-order valence-electron chi connectivity index (χ3n) is 2.77. The first-order valence-electron chi connectivity index (χ1n) is 5.62. The van der Waals surface area contributed by atoms with Crippen LogP contribution in [0.2, 0.25) is 0 Å². The Balaban J connectivity index is 2.48. The Kier molecular flexibility index (Phi) is 3.89. The fourth-order valence-corrected chi connectivity index (χ4v) is 2.77. The van der Waals surface area contributed by atoms with Crippen LogP contribution in [0.25, 0.3) is 0 Å². The molecule has 1 aromatic carbocycles. The summed E-state index contributed by atoms with van der Waals surface area (Å²) >= 11 is 1.57. The van der Waals surface area contributed by atoms with Gasteiger partial charge in [0.2, 0.25) is 0 Å². The summed E-state index contributed by atoms with van der Waals surface area (Å²) in [5.41, 5.74) is 0.671. The molecule has 0 fully saturated rings. The summed E-state index contributed by atoms with van der Waals surface area (Å²) < 4.78 is 10.6. The second-order valence-corrected chi connectivity index (χ2v) is 5.25. The molecule has 0 amide bonds. The van der Waals surface area contributed by atoms with Crippen LogP contribution in [0.4, 0.5) is 0 Å². The second kappa shape index (κ2) is 5.42. The van der Waals surface area contributed by atoms with Crippen molar-refractivity contribution in [1.29, 1.82) is 0 Å².